The molecule has 0 amide bonds. The zero-order chi connectivity index (χ0) is 18.6. The SMILES string of the molecule is CCOC(=O)C1CCN(CC2=CC=CC(O)(Oc3ccccc3)C2=O)C1. The van der Waals surface area contributed by atoms with Crippen molar-refractivity contribution in [3.8, 4) is 5.75 Å². The minimum Gasteiger partial charge on any atom is -0.466 e. The molecule has 1 aliphatic heterocycles. The quantitative estimate of drug-likeness (QED) is 0.617. The van der Waals surface area contributed by atoms with Crippen LogP contribution in [0.4, 0.5) is 0 Å². The van der Waals surface area contributed by atoms with Crippen LogP contribution in [-0.2, 0) is 14.3 Å². The Morgan fingerprint density at radius 1 is 1.35 bits per heavy atom. The first-order chi connectivity index (χ1) is 12.5. The van der Waals surface area contributed by atoms with Crippen LogP contribution >= 0.6 is 0 Å². The summed E-state index contributed by atoms with van der Waals surface area (Å²) >= 11 is 0. The number of allylic oxidation sites excluding steroid dienone is 2. The van der Waals surface area contributed by atoms with Crippen LogP contribution in [0.2, 0.25) is 0 Å². The highest BCUT2D eigenvalue weighted by Crippen LogP contribution is 2.26. The van der Waals surface area contributed by atoms with Gasteiger partial charge in [-0.2, -0.15) is 0 Å². The molecule has 3 rings (SSSR count). The Morgan fingerprint density at radius 3 is 2.85 bits per heavy atom. The number of rotatable bonds is 6. The molecular formula is C20H23NO5. The average Bonchev–Trinajstić information content (AvgIpc) is 3.09. The second-order valence-corrected chi connectivity index (χ2v) is 6.46. The standard InChI is InChI=1S/C20H23NO5/c1-2-25-19(23)16-10-12-21(14-16)13-15-7-6-11-20(24,18(15)22)26-17-8-4-3-5-9-17/h3-9,11,16,24H,2,10,12-14H2,1H3. The van der Waals surface area contributed by atoms with E-state index in [2.05, 4.69) is 0 Å². The first-order valence-electron chi connectivity index (χ1n) is 8.80. The molecule has 0 radical (unpaired) electrons. The van der Waals surface area contributed by atoms with Crippen molar-refractivity contribution in [1.82, 2.24) is 4.90 Å². The van der Waals surface area contributed by atoms with E-state index in [1.54, 1.807) is 43.3 Å². The van der Waals surface area contributed by atoms with Crippen molar-refractivity contribution < 1.29 is 24.2 Å². The first-order valence-corrected chi connectivity index (χ1v) is 8.80. The number of hydrogen-bond donors (Lipinski definition) is 1. The van der Waals surface area contributed by atoms with Crippen LogP contribution in [0, 0.1) is 5.92 Å². The molecule has 0 aromatic heterocycles. The molecule has 26 heavy (non-hydrogen) atoms. The van der Waals surface area contributed by atoms with Crippen molar-refractivity contribution in [3.63, 3.8) is 0 Å². The van der Waals surface area contributed by atoms with Gasteiger partial charge in [0.15, 0.2) is 0 Å². The molecule has 6 heteroatoms. The predicted molar refractivity (Wildman–Crippen MR) is 95.4 cm³/mol. The van der Waals surface area contributed by atoms with Crippen molar-refractivity contribution in [2.75, 3.05) is 26.2 Å². The highest BCUT2D eigenvalue weighted by Gasteiger charge is 2.40. The van der Waals surface area contributed by atoms with E-state index in [9.17, 15) is 14.7 Å². The number of Topliss-reactive ketones (excluding diaryl/α,β-unsaturated/α-hetero) is 1. The van der Waals surface area contributed by atoms with E-state index in [1.807, 2.05) is 11.0 Å². The number of esters is 1. The maximum atomic E-state index is 12.7. The van der Waals surface area contributed by atoms with E-state index in [4.69, 9.17) is 9.47 Å². The Hall–Kier alpha value is -2.44. The fourth-order valence-corrected chi connectivity index (χ4v) is 3.22. The zero-order valence-electron chi connectivity index (χ0n) is 14.8. The molecule has 1 aliphatic carbocycles. The molecule has 0 saturated carbocycles. The average molecular weight is 357 g/mol. The lowest BCUT2D eigenvalue weighted by Crippen LogP contribution is -2.46. The highest BCUT2D eigenvalue weighted by molar-refractivity contribution is 6.04. The van der Waals surface area contributed by atoms with E-state index >= 15 is 0 Å². The van der Waals surface area contributed by atoms with Gasteiger partial charge in [-0.1, -0.05) is 30.4 Å². The van der Waals surface area contributed by atoms with Crippen molar-refractivity contribution in [2.45, 2.75) is 19.1 Å². The zero-order valence-corrected chi connectivity index (χ0v) is 14.8. The van der Waals surface area contributed by atoms with Crippen molar-refractivity contribution >= 4 is 11.8 Å². The largest absolute Gasteiger partial charge is 0.466 e. The van der Waals surface area contributed by atoms with E-state index in [1.165, 1.54) is 6.08 Å². The van der Waals surface area contributed by atoms with Gasteiger partial charge in [0.2, 0.25) is 5.78 Å². The lowest BCUT2D eigenvalue weighted by Gasteiger charge is -2.29. The Bertz CT molecular complexity index is 727. The second-order valence-electron chi connectivity index (χ2n) is 6.46. The van der Waals surface area contributed by atoms with Gasteiger partial charge in [0.25, 0.3) is 5.79 Å². The van der Waals surface area contributed by atoms with Crippen LogP contribution in [0.1, 0.15) is 13.3 Å². The molecule has 138 valence electrons. The smallest absolute Gasteiger partial charge is 0.310 e. The summed E-state index contributed by atoms with van der Waals surface area (Å²) < 4.78 is 10.6. The molecular weight excluding hydrogens is 334 g/mol. The number of carbonyl (C=O) groups is 2. The molecule has 1 N–H and O–H groups in total. The number of carbonyl (C=O) groups excluding carboxylic acids is 2. The van der Waals surface area contributed by atoms with Gasteiger partial charge < -0.3 is 14.6 Å². The third kappa shape index (κ3) is 4.03. The van der Waals surface area contributed by atoms with Crippen molar-refractivity contribution in [1.29, 1.82) is 0 Å². The maximum absolute atomic E-state index is 12.7. The minimum atomic E-state index is -2.01. The van der Waals surface area contributed by atoms with E-state index < -0.39 is 11.6 Å². The van der Waals surface area contributed by atoms with E-state index in [0.29, 0.717) is 44.0 Å². The number of ether oxygens (including phenoxy) is 2. The summed E-state index contributed by atoms with van der Waals surface area (Å²) in [5.41, 5.74) is 0.454. The Morgan fingerprint density at radius 2 is 2.12 bits per heavy atom. The minimum absolute atomic E-state index is 0.163. The number of aliphatic hydroxyl groups is 1. The van der Waals surface area contributed by atoms with Gasteiger partial charge in [0.05, 0.1) is 12.5 Å². The van der Waals surface area contributed by atoms with Gasteiger partial charge in [-0.15, -0.1) is 0 Å². The molecule has 1 aromatic carbocycles. The number of ketones is 1. The molecule has 0 bridgehead atoms. The van der Waals surface area contributed by atoms with Gasteiger partial charge in [0.1, 0.15) is 5.75 Å². The molecule has 1 heterocycles. The van der Waals surface area contributed by atoms with Crippen LogP contribution in [0.25, 0.3) is 0 Å². The molecule has 1 fully saturated rings. The normalized spacial score (nSPS) is 25.8. The van der Waals surface area contributed by atoms with Gasteiger partial charge in [-0.3, -0.25) is 14.5 Å². The molecule has 2 unspecified atom stereocenters. The van der Waals surface area contributed by atoms with Crippen molar-refractivity contribution in [3.05, 3.63) is 54.1 Å². The molecule has 1 saturated heterocycles. The van der Waals surface area contributed by atoms with Gasteiger partial charge in [-0.25, -0.2) is 0 Å². The summed E-state index contributed by atoms with van der Waals surface area (Å²) in [6, 6.07) is 8.73. The third-order valence-electron chi connectivity index (χ3n) is 4.54. The van der Waals surface area contributed by atoms with Crippen molar-refractivity contribution in [2.24, 2.45) is 5.92 Å². The topological polar surface area (TPSA) is 76.1 Å². The van der Waals surface area contributed by atoms with Crippen LogP contribution in [0.15, 0.2) is 54.1 Å². The highest BCUT2D eigenvalue weighted by atomic mass is 16.6. The molecule has 2 atom stereocenters. The maximum Gasteiger partial charge on any atom is 0.310 e. The number of benzene rings is 1. The Kier molecular flexibility index (Phi) is 5.54. The summed E-state index contributed by atoms with van der Waals surface area (Å²) in [5, 5.41) is 10.7. The summed E-state index contributed by atoms with van der Waals surface area (Å²) in [6.45, 7) is 3.77. The summed E-state index contributed by atoms with van der Waals surface area (Å²) in [4.78, 5) is 26.6. The first kappa shape index (κ1) is 18.4. The number of nitrogens with zero attached hydrogens (tertiary/aromatic N) is 1. The summed E-state index contributed by atoms with van der Waals surface area (Å²) in [6.07, 6.45) is 5.36. The van der Waals surface area contributed by atoms with E-state index in [0.717, 1.165) is 0 Å². The van der Waals surface area contributed by atoms with Crippen LogP contribution in [0.3, 0.4) is 0 Å². The Balaban J connectivity index is 1.63. The number of hydrogen-bond acceptors (Lipinski definition) is 6. The lowest BCUT2D eigenvalue weighted by atomic mass is 9.97. The molecule has 0 spiro atoms. The summed E-state index contributed by atoms with van der Waals surface area (Å²) in [5.74, 6) is -2.43. The van der Waals surface area contributed by atoms with Crippen LogP contribution < -0.4 is 4.74 Å². The van der Waals surface area contributed by atoms with Gasteiger partial charge in [-0.05, 0) is 38.1 Å². The monoisotopic (exact) mass is 357 g/mol. The van der Waals surface area contributed by atoms with Gasteiger partial charge >= 0.3 is 5.97 Å². The number of para-hydroxylation sites is 1. The fraction of sp³-hybridized carbons (Fsp3) is 0.400. The van der Waals surface area contributed by atoms with Crippen LogP contribution in [0.5, 0.6) is 5.75 Å². The van der Waals surface area contributed by atoms with Gasteiger partial charge in [0, 0.05) is 18.7 Å². The fourth-order valence-electron chi connectivity index (χ4n) is 3.22. The molecule has 2 aliphatic rings. The molecule has 6 nitrogen and oxygen atoms in total. The lowest BCUT2D eigenvalue weighted by molar-refractivity contribution is -0.154. The summed E-state index contributed by atoms with van der Waals surface area (Å²) in [7, 11) is 0. The second kappa shape index (κ2) is 7.85. The Labute approximate surface area is 152 Å². The third-order valence-corrected chi connectivity index (χ3v) is 4.54. The predicted octanol–water partition coefficient (Wildman–Crippen LogP) is 1.70. The number of likely N-dealkylation sites (tertiary alicyclic amines) is 1. The van der Waals surface area contributed by atoms with Crippen LogP contribution in [-0.4, -0.2) is 53.8 Å². The molecule has 1 aromatic rings. The van der Waals surface area contributed by atoms with E-state index in [-0.39, 0.29) is 11.9 Å².